The van der Waals surface area contributed by atoms with Crippen LogP contribution in [0.5, 0.6) is 5.75 Å². The lowest BCUT2D eigenvalue weighted by Crippen LogP contribution is -2.13. The van der Waals surface area contributed by atoms with Crippen molar-refractivity contribution in [3.63, 3.8) is 0 Å². The van der Waals surface area contributed by atoms with E-state index in [1.54, 1.807) is 54.7 Å². The molecule has 0 radical (unpaired) electrons. The molecule has 6 nitrogen and oxygen atoms in total. The van der Waals surface area contributed by atoms with Gasteiger partial charge in [0.25, 0.3) is 5.91 Å². The average Bonchev–Trinajstić information content (AvgIpc) is 3.14. The third kappa shape index (κ3) is 3.58. The minimum atomic E-state index is -0.360. The molecule has 0 aliphatic rings. The number of hydrogen-bond acceptors (Lipinski definition) is 5. The molecule has 0 aliphatic heterocycles. The fraction of sp³-hybridized carbons (Fsp3) is 0.0500. The second kappa shape index (κ2) is 7.61. The van der Waals surface area contributed by atoms with E-state index >= 15 is 0 Å². The number of hydrogen-bond donors (Lipinski definition) is 1. The maximum absolute atomic E-state index is 12.7. The summed E-state index contributed by atoms with van der Waals surface area (Å²) >= 11 is 9.51. The normalized spacial score (nSPS) is 10.8. The van der Waals surface area contributed by atoms with Crippen LogP contribution in [0.3, 0.4) is 0 Å². The number of aromatic nitrogens is 2. The molecule has 8 heteroatoms. The molecule has 4 rings (SSSR count). The molecule has 2 heterocycles. The maximum atomic E-state index is 12.7. The van der Waals surface area contributed by atoms with Gasteiger partial charge in [-0.05, 0) is 48.5 Å². The van der Waals surface area contributed by atoms with Crippen molar-refractivity contribution in [3.05, 3.63) is 69.8 Å². The van der Waals surface area contributed by atoms with Gasteiger partial charge in [-0.1, -0.05) is 27.5 Å². The van der Waals surface area contributed by atoms with Crippen molar-refractivity contribution in [1.29, 1.82) is 0 Å². The van der Waals surface area contributed by atoms with Crippen molar-refractivity contribution < 1.29 is 13.9 Å². The largest absolute Gasteiger partial charge is 0.495 e. The Morgan fingerprint density at radius 3 is 2.86 bits per heavy atom. The molecule has 1 amide bonds. The lowest BCUT2D eigenvalue weighted by molar-refractivity contribution is 0.102. The Morgan fingerprint density at radius 1 is 1.21 bits per heavy atom. The van der Waals surface area contributed by atoms with Gasteiger partial charge >= 0.3 is 0 Å². The number of fused-ring (bicyclic) bond motifs is 1. The molecule has 0 spiro atoms. The van der Waals surface area contributed by atoms with Crippen LogP contribution in [0.15, 0.2) is 63.6 Å². The van der Waals surface area contributed by atoms with Crippen molar-refractivity contribution >= 4 is 50.4 Å². The fourth-order valence-electron chi connectivity index (χ4n) is 2.69. The molecule has 0 atom stereocenters. The number of halogens is 2. The summed E-state index contributed by atoms with van der Waals surface area (Å²) in [6.07, 6.45) is 1.65. The van der Waals surface area contributed by atoms with Gasteiger partial charge in [-0.15, -0.1) is 0 Å². The van der Waals surface area contributed by atoms with Crippen LogP contribution in [0, 0.1) is 0 Å². The minimum Gasteiger partial charge on any atom is -0.495 e. The number of ether oxygens (including phenoxy) is 1. The standard InChI is InChI=1S/C20H13BrClN3O3/c1-27-16-7-4-11(20-25-18-17(28-20)3-2-8-23-18)9-15(16)24-19(26)13-10-12(21)5-6-14(13)22/h2-10H,1H3,(H,24,26). The van der Waals surface area contributed by atoms with E-state index in [0.717, 1.165) is 4.47 Å². The number of benzene rings is 2. The van der Waals surface area contributed by atoms with E-state index in [1.165, 1.54) is 7.11 Å². The average molecular weight is 459 g/mol. The summed E-state index contributed by atoms with van der Waals surface area (Å²) in [5.74, 6) is 0.533. The summed E-state index contributed by atoms with van der Waals surface area (Å²) in [5.41, 5.74) is 2.58. The highest BCUT2D eigenvalue weighted by molar-refractivity contribution is 9.10. The molecule has 1 N–H and O–H groups in total. The first kappa shape index (κ1) is 18.5. The second-order valence-corrected chi connectivity index (χ2v) is 7.16. The van der Waals surface area contributed by atoms with Crippen LogP contribution in [-0.2, 0) is 0 Å². The molecule has 0 unspecified atom stereocenters. The fourth-order valence-corrected chi connectivity index (χ4v) is 3.26. The number of rotatable bonds is 4. The van der Waals surface area contributed by atoms with Gasteiger partial charge in [0, 0.05) is 16.2 Å². The van der Waals surface area contributed by atoms with Crippen LogP contribution in [0.25, 0.3) is 22.7 Å². The van der Waals surface area contributed by atoms with E-state index in [1.807, 2.05) is 0 Å². The first-order valence-corrected chi connectivity index (χ1v) is 9.38. The first-order chi connectivity index (χ1) is 13.5. The van der Waals surface area contributed by atoms with E-state index in [9.17, 15) is 4.79 Å². The SMILES string of the molecule is COc1ccc(-c2nc3ncccc3o2)cc1NC(=O)c1cc(Br)ccc1Cl. The van der Waals surface area contributed by atoms with Crippen LogP contribution < -0.4 is 10.1 Å². The number of carbonyl (C=O) groups is 1. The Morgan fingerprint density at radius 2 is 2.07 bits per heavy atom. The first-order valence-electron chi connectivity index (χ1n) is 8.21. The smallest absolute Gasteiger partial charge is 0.257 e. The molecule has 0 saturated carbocycles. The van der Waals surface area contributed by atoms with Crippen molar-refractivity contribution in [2.24, 2.45) is 0 Å². The Labute approximate surface area is 173 Å². The molecule has 0 aliphatic carbocycles. The number of nitrogens with one attached hydrogen (secondary N) is 1. The van der Waals surface area contributed by atoms with E-state index in [4.69, 9.17) is 20.8 Å². The molecular formula is C20H13BrClN3O3. The predicted octanol–water partition coefficient (Wildman–Crippen LogP) is 5.57. The molecular weight excluding hydrogens is 446 g/mol. The van der Waals surface area contributed by atoms with Gasteiger partial charge in [-0.2, -0.15) is 4.98 Å². The zero-order valence-electron chi connectivity index (χ0n) is 14.6. The number of pyridine rings is 1. The lowest BCUT2D eigenvalue weighted by Gasteiger charge is -2.12. The van der Waals surface area contributed by atoms with Crippen LogP contribution >= 0.6 is 27.5 Å². The molecule has 2 aromatic carbocycles. The third-order valence-electron chi connectivity index (χ3n) is 4.03. The number of nitrogens with zero attached hydrogens (tertiary/aromatic N) is 2. The van der Waals surface area contributed by atoms with Gasteiger partial charge in [0.1, 0.15) is 5.75 Å². The van der Waals surface area contributed by atoms with Gasteiger partial charge in [0.05, 0.1) is 23.4 Å². The van der Waals surface area contributed by atoms with Crippen LogP contribution in [0.2, 0.25) is 5.02 Å². The quantitative estimate of drug-likeness (QED) is 0.433. The van der Waals surface area contributed by atoms with E-state index in [2.05, 4.69) is 31.2 Å². The zero-order valence-corrected chi connectivity index (χ0v) is 16.9. The summed E-state index contributed by atoms with van der Waals surface area (Å²) in [4.78, 5) is 21.3. The van der Waals surface area contributed by atoms with Crippen LogP contribution in [0.4, 0.5) is 5.69 Å². The molecule has 2 aromatic heterocycles. The zero-order chi connectivity index (χ0) is 19.7. The molecule has 0 fully saturated rings. The molecule has 140 valence electrons. The lowest BCUT2D eigenvalue weighted by atomic mass is 10.1. The van der Waals surface area contributed by atoms with Gasteiger partial charge < -0.3 is 14.5 Å². The minimum absolute atomic E-state index is 0.342. The number of amides is 1. The maximum Gasteiger partial charge on any atom is 0.257 e. The van der Waals surface area contributed by atoms with Crippen molar-refractivity contribution in [1.82, 2.24) is 9.97 Å². The van der Waals surface area contributed by atoms with E-state index in [-0.39, 0.29) is 5.91 Å². The summed E-state index contributed by atoms with van der Waals surface area (Å²) in [6.45, 7) is 0. The van der Waals surface area contributed by atoms with Crippen LogP contribution in [0.1, 0.15) is 10.4 Å². The Hall–Kier alpha value is -2.90. The van der Waals surface area contributed by atoms with Crippen LogP contribution in [-0.4, -0.2) is 23.0 Å². The van der Waals surface area contributed by atoms with Gasteiger partial charge in [-0.25, -0.2) is 4.98 Å². The van der Waals surface area contributed by atoms with Crippen molar-refractivity contribution in [2.75, 3.05) is 12.4 Å². The Bertz CT molecular complexity index is 1160. The van der Waals surface area contributed by atoms with E-state index < -0.39 is 0 Å². The highest BCUT2D eigenvalue weighted by atomic mass is 79.9. The monoisotopic (exact) mass is 457 g/mol. The summed E-state index contributed by atoms with van der Waals surface area (Å²) < 4.78 is 11.9. The summed E-state index contributed by atoms with van der Waals surface area (Å²) in [5, 5.41) is 3.18. The highest BCUT2D eigenvalue weighted by Crippen LogP contribution is 2.32. The number of oxazole rings is 1. The van der Waals surface area contributed by atoms with Crippen molar-refractivity contribution in [3.8, 4) is 17.2 Å². The highest BCUT2D eigenvalue weighted by Gasteiger charge is 2.16. The molecule has 0 bridgehead atoms. The molecule has 0 saturated heterocycles. The topological polar surface area (TPSA) is 77.2 Å². The summed E-state index contributed by atoms with van der Waals surface area (Å²) in [6, 6.07) is 13.9. The second-order valence-electron chi connectivity index (χ2n) is 5.84. The third-order valence-corrected chi connectivity index (χ3v) is 4.86. The number of anilines is 1. The predicted molar refractivity (Wildman–Crippen MR) is 111 cm³/mol. The molecule has 28 heavy (non-hydrogen) atoms. The van der Waals surface area contributed by atoms with Gasteiger partial charge in [-0.3, -0.25) is 4.79 Å². The Balaban J connectivity index is 1.71. The van der Waals surface area contributed by atoms with E-state index in [0.29, 0.717) is 44.7 Å². The molecule has 4 aromatic rings. The van der Waals surface area contributed by atoms with Gasteiger partial charge in [0.15, 0.2) is 11.2 Å². The number of methoxy groups -OCH3 is 1. The summed E-state index contributed by atoms with van der Waals surface area (Å²) in [7, 11) is 1.53. The Kier molecular flexibility index (Phi) is 5.02. The van der Waals surface area contributed by atoms with Crippen molar-refractivity contribution in [2.45, 2.75) is 0 Å². The van der Waals surface area contributed by atoms with Gasteiger partial charge in [0.2, 0.25) is 5.89 Å². The number of carbonyl (C=O) groups excluding carboxylic acids is 1.